The molecule has 0 aliphatic carbocycles. The summed E-state index contributed by atoms with van der Waals surface area (Å²) in [6.07, 6.45) is -0.306. The second kappa shape index (κ2) is 4.75. The molecular weight excluding hydrogens is 277 g/mol. The highest BCUT2D eigenvalue weighted by Crippen LogP contribution is 2.30. The fourth-order valence-electron chi connectivity index (χ4n) is 1.53. The number of alkyl halides is 3. The van der Waals surface area contributed by atoms with Gasteiger partial charge in [0.1, 0.15) is 0 Å². The Morgan fingerprint density at radius 2 is 2.20 bits per heavy atom. The van der Waals surface area contributed by atoms with Crippen LogP contribution in [0.4, 0.5) is 13.2 Å². The van der Waals surface area contributed by atoms with E-state index in [1.54, 1.807) is 12.3 Å². The smallest absolute Gasteiger partial charge is 0.417 e. The summed E-state index contributed by atoms with van der Waals surface area (Å²) >= 11 is 0. The van der Waals surface area contributed by atoms with E-state index >= 15 is 0 Å². The van der Waals surface area contributed by atoms with Crippen LogP contribution in [0.2, 0.25) is 0 Å². The number of aromatic nitrogens is 3. The fraction of sp³-hybridized carbons (Fsp3) is 0.364. The third-order valence-corrected chi connectivity index (χ3v) is 2.90. The van der Waals surface area contributed by atoms with E-state index in [0.717, 1.165) is 0 Å². The molecule has 0 fully saturated rings. The minimum absolute atomic E-state index is 0.264. The second-order valence-electron chi connectivity index (χ2n) is 4.34. The van der Waals surface area contributed by atoms with Crippen LogP contribution < -0.4 is 5.32 Å². The zero-order valence-corrected chi connectivity index (χ0v) is 10.3. The van der Waals surface area contributed by atoms with Gasteiger partial charge in [0.25, 0.3) is 0 Å². The summed E-state index contributed by atoms with van der Waals surface area (Å²) < 4.78 is 39.9. The molecule has 0 spiro atoms. The van der Waals surface area contributed by atoms with Gasteiger partial charge in [0.2, 0.25) is 11.3 Å². The summed E-state index contributed by atoms with van der Waals surface area (Å²) in [6, 6.07) is 1.64. The zero-order chi connectivity index (χ0) is 15.0. The summed E-state index contributed by atoms with van der Waals surface area (Å²) in [5.74, 6) is -1.67. The van der Waals surface area contributed by atoms with Crippen molar-refractivity contribution in [2.75, 3.05) is 0 Å². The van der Waals surface area contributed by atoms with Gasteiger partial charge < -0.3 is 5.11 Å². The number of halogens is 3. The number of carbonyl (C=O) groups is 1. The topological polar surface area (TPSA) is 79.5 Å². The van der Waals surface area contributed by atoms with Crippen LogP contribution in [-0.4, -0.2) is 37.2 Å². The Bertz CT molecular complexity index is 607. The number of aliphatic carboxylic acids is 1. The van der Waals surface area contributed by atoms with Gasteiger partial charge in [-0.25, -0.2) is 14.8 Å². The van der Waals surface area contributed by atoms with Gasteiger partial charge in [0, 0.05) is 25.1 Å². The maximum atomic E-state index is 12.8. The Kier molecular flexibility index (Phi) is 3.38. The Hall–Kier alpha value is -2.16. The lowest BCUT2D eigenvalue weighted by Crippen LogP contribution is -2.59. The first-order valence-electron chi connectivity index (χ1n) is 5.58. The van der Waals surface area contributed by atoms with Crippen LogP contribution in [-0.2, 0) is 11.3 Å². The predicted octanol–water partition coefficient (Wildman–Crippen LogP) is 1.22. The van der Waals surface area contributed by atoms with E-state index < -0.39 is 17.7 Å². The SMILES string of the molecule is CC(NCc1cn2cccnc2n1)(C(=O)O)C(F)(F)F. The standard InChI is InChI=1S/C11H11F3N4O2/c1-10(8(19)20,11(12,13)14)16-5-7-6-18-4-2-3-15-9(18)17-7/h2-4,6,16H,5H2,1H3,(H,19,20). The number of nitrogens with zero attached hydrogens (tertiary/aromatic N) is 3. The quantitative estimate of drug-likeness (QED) is 0.884. The number of rotatable bonds is 4. The van der Waals surface area contributed by atoms with Gasteiger partial charge in [-0.3, -0.25) is 9.72 Å². The van der Waals surface area contributed by atoms with Gasteiger partial charge in [-0.05, 0) is 13.0 Å². The van der Waals surface area contributed by atoms with Crippen molar-refractivity contribution in [1.82, 2.24) is 19.7 Å². The van der Waals surface area contributed by atoms with Gasteiger partial charge in [-0.2, -0.15) is 13.2 Å². The highest BCUT2D eigenvalue weighted by Gasteiger charge is 2.57. The van der Waals surface area contributed by atoms with E-state index in [1.165, 1.54) is 16.8 Å². The van der Waals surface area contributed by atoms with Crippen molar-refractivity contribution in [3.05, 3.63) is 30.4 Å². The molecule has 9 heteroatoms. The highest BCUT2D eigenvalue weighted by atomic mass is 19.4. The van der Waals surface area contributed by atoms with Gasteiger partial charge >= 0.3 is 12.1 Å². The predicted molar refractivity (Wildman–Crippen MR) is 61.9 cm³/mol. The van der Waals surface area contributed by atoms with Crippen molar-refractivity contribution in [2.24, 2.45) is 0 Å². The molecule has 2 N–H and O–H groups in total. The lowest BCUT2D eigenvalue weighted by atomic mass is 10.0. The van der Waals surface area contributed by atoms with E-state index in [-0.39, 0.29) is 12.2 Å². The lowest BCUT2D eigenvalue weighted by molar-refractivity contribution is -0.206. The molecule has 2 rings (SSSR count). The molecule has 1 unspecified atom stereocenters. The van der Waals surface area contributed by atoms with Crippen molar-refractivity contribution in [1.29, 1.82) is 0 Å². The molecular formula is C11H11F3N4O2. The third kappa shape index (κ3) is 2.44. The number of fused-ring (bicyclic) bond motifs is 1. The molecule has 2 heterocycles. The Balaban J connectivity index is 2.19. The van der Waals surface area contributed by atoms with E-state index in [0.29, 0.717) is 12.7 Å². The second-order valence-corrected chi connectivity index (χ2v) is 4.34. The van der Waals surface area contributed by atoms with E-state index in [2.05, 4.69) is 9.97 Å². The monoisotopic (exact) mass is 288 g/mol. The normalized spacial score (nSPS) is 15.2. The number of carboxylic acids is 1. The van der Waals surface area contributed by atoms with Crippen LogP contribution in [0.3, 0.4) is 0 Å². The molecule has 0 radical (unpaired) electrons. The average Bonchev–Trinajstić information content (AvgIpc) is 2.76. The van der Waals surface area contributed by atoms with Crippen LogP contribution in [0.5, 0.6) is 0 Å². The maximum Gasteiger partial charge on any atom is 0.417 e. The Labute approximate surface area is 111 Å². The molecule has 0 aromatic carbocycles. The third-order valence-electron chi connectivity index (χ3n) is 2.90. The molecule has 0 amide bonds. The van der Waals surface area contributed by atoms with Crippen LogP contribution in [0, 0.1) is 0 Å². The molecule has 0 aliphatic rings. The summed E-state index contributed by atoms with van der Waals surface area (Å²) in [5.41, 5.74) is -2.77. The van der Waals surface area contributed by atoms with Gasteiger partial charge in [0.05, 0.1) is 5.69 Å². The minimum atomic E-state index is -4.92. The van der Waals surface area contributed by atoms with Gasteiger partial charge in [0.15, 0.2) is 0 Å². The Morgan fingerprint density at radius 3 is 2.75 bits per heavy atom. The molecule has 0 aliphatic heterocycles. The van der Waals surface area contributed by atoms with Gasteiger partial charge in [-0.15, -0.1) is 0 Å². The van der Waals surface area contributed by atoms with E-state index in [9.17, 15) is 18.0 Å². The van der Waals surface area contributed by atoms with Crippen molar-refractivity contribution >= 4 is 11.7 Å². The summed E-state index contributed by atoms with van der Waals surface area (Å²) in [6.45, 7) is 0.231. The molecule has 108 valence electrons. The zero-order valence-electron chi connectivity index (χ0n) is 10.3. The largest absolute Gasteiger partial charge is 0.480 e. The number of nitrogens with one attached hydrogen (secondary N) is 1. The first kappa shape index (κ1) is 14.3. The summed E-state index contributed by atoms with van der Waals surface area (Å²) in [7, 11) is 0. The first-order chi connectivity index (χ1) is 9.24. The fourth-order valence-corrected chi connectivity index (χ4v) is 1.53. The molecule has 2 aromatic rings. The number of hydrogen-bond acceptors (Lipinski definition) is 4. The van der Waals surface area contributed by atoms with Crippen LogP contribution in [0.1, 0.15) is 12.6 Å². The molecule has 0 saturated carbocycles. The number of carboxylic acid groups (broad SMARTS) is 1. The van der Waals surface area contributed by atoms with Crippen LogP contribution in [0.15, 0.2) is 24.7 Å². The first-order valence-corrected chi connectivity index (χ1v) is 5.58. The van der Waals surface area contributed by atoms with Crippen LogP contribution >= 0.6 is 0 Å². The highest BCUT2D eigenvalue weighted by molar-refractivity contribution is 5.79. The van der Waals surface area contributed by atoms with Gasteiger partial charge in [-0.1, -0.05) is 0 Å². The number of imidazole rings is 1. The van der Waals surface area contributed by atoms with Crippen molar-refractivity contribution in [3.63, 3.8) is 0 Å². The summed E-state index contributed by atoms with van der Waals surface area (Å²) in [4.78, 5) is 18.7. The molecule has 20 heavy (non-hydrogen) atoms. The maximum absolute atomic E-state index is 12.8. The lowest BCUT2D eigenvalue weighted by Gasteiger charge is -2.28. The van der Waals surface area contributed by atoms with E-state index in [1.807, 2.05) is 5.32 Å². The van der Waals surface area contributed by atoms with Crippen LogP contribution in [0.25, 0.3) is 5.78 Å². The molecule has 1 atom stereocenters. The molecule has 2 aromatic heterocycles. The van der Waals surface area contributed by atoms with E-state index in [4.69, 9.17) is 5.11 Å². The minimum Gasteiger partial charge on any atom is -0.480 e. The van der Waals surface area contributed by atoms with Crippen molar-refractivity contribution in [3.8, 4) is 0 Å². The molecule has 6 nitrogen and oxygen atoms in total. The molecule has 0 bridgehead atoms. The average molecular weight is 288 g/mol. The van der Waals surface area contributed by atoms with Crippen molar-refractivity contribution < 1.29 is 23.1 Å². The Morgan fingerprint density at radius 1 is 1.50 bits per heavy atom. The number of hydrogen-bond donors (Lipinski definition) is 2. The molecule has 0 saturated heterocycles. The van der Waals surface area contributed by atoms with Crippen molar-refractivity contribution in [2.45, 2.75) is 25.2 Å². The summed E-state index contributed by atoms with van der Waals surface area (Å²) in [5, 5.41) is 10.8.